The third-order valence-electron chi connectivity index (χ3n) is 2.32. The summed E-state index contributed by atoms with van der Waals surface area (Å²) in [5.74, 6) is 0. The van der Waals surface area contributed by atoms with Crippen molar-refractivity contribution in [1.29, 1.82) is 0 Å². The van der Waals surface area contributed by atoms with E-state index in [-0.39, 0.29) is 0 Å². The van der Waals surface area contributed by atoms with Crippen LogP contribution < -0.4 is 0 Å². The fraction of sp³-hybridized carbons (Fsp3) is 0.700. The van der Waals surface area contributed by atoms with Crippen molar-refractivity contribution in [2.24, 2.45) is 0 Å². The van der Waals surface area contributed by atoms with Crippen LogP contribution in [0, 0.1) is 6.92 Å². The van der Waals surface area contributed by atoms with Crippen molar-refractivity contribution >= 4 is 11.6 Å². The Hall–Kier alpha value is -0.540. The fourth-order valence-electron chi connectivity index (χ4n) is 1.38. The second kappa shape index (κ2) is 6.04. The lowest BCUT2D eigenvalue weighted by Gasteiger charge is -2.03. The molecule has 3 nitrogen and oxygen atoms in total. The van der Waals surface area contributed by atoms with Gasteiger partial charge in [-0.25, -0.2) is 0 Å². The normalized spacial score (nSPS) is 10.8. The highest BCUT2D eigenvalue weighted by molar-refractivity contribution is 6.31. The van der Waals surface area contributed by atoms with E-state index in [0.717, 1.165) is 42.9 Å². The van der Waals surface area contributed by atoms with E-state index in [1.165, 1.54) is 0 Å². The SMILES string of the molecule is Cc1c(Cl)cnn1CCCCCCO. The summed E-state index contributed by atoms with van der Waals surface area (Å²) in [7, 11) is 0. The predicted molar refractivity (Wildman–Crippen MR) is 57.5 cm³/mol. The summed E-state index contributed by atoms with van der Waals surface area (Å²) in [5.41, 5.74) is 1.04. The lowest BCUT2D eigenvalue weighted by Crippen LogP contribution is -2.02. The van der Waals surface area contributed by atoms with Gasteiger partial charge in [-0.1, -0.05) is 24.4 Å². The lowest BCUT2D eigenvalue weighted by atomic mass is 10.2. The highest BCUT2D eigenvalue weighted by Gasteiger charge is 2.02. The summed E-state index contributed by atoms with van der Waals surface area (Å²) < 4.78 is 1.93. The summed E-state index contributed by atoms with van der Waals surface area (Å²) in [4.78, 5) is 0. The maximum atomic E-state index is 8.60. The molecule has 0 amide bonds. The zero-order chi connectivity index (χ0) is 10.4. The first kappa shape index (κ1) is 11.5. The van der Waals surface area contributed by atoms with Crippen LogP contribution in [0.1, 0.15) is 31.4 Å². The van der Waals surface area contributed by atoms with E-state index >= 15 is 0 Å². The van der Waals surface area contributed by atoms with Crippen LogP contribution in [0.25, 0.3) is 0 Å². The largest absolute Gasteiger partial charge is 0.396 e. The van der Waals surface area contributed by atoms with E-state index in [9.17, 15) is 0 Å². The monoisotopic (exact) mass is 216 g/mol. The predicted octanol–water partition coefficient (Wildman–Crippen LogP) is 2.40. The number of hydrogen-bond acceptors (Lipinski definition) is 2. The van der Waals surface area contributed by atoms with Gasteiger partial charge >= 0.3 is 0 Å². The Kier molecular flexibility index (Phi) is 4.98. The Morgan fingerprint density at radius 2 is 2.07 bits per heavy atom. The van der Waals surface area contributed by atoms with E-state index in [1.807, 2.05) is 11.6 Å². The van der Waals surface area contributed by atoms with Gasteiger partial charge in [0.1, 0.15) is 0 Å². The van der Waals surface area contributed by atoms with Gasteiger partial charge in [-0.15, -0.1) is 0 Å². The Morgan fingerprint density at radius 1 is 1.36 bits per heavy atom. The molecule has 1 N–H and O–H groups in total. The average Bonchev–Trinajstić information content (AvgIpc) is 2.49. The molecule has 0 unspecified atom stereocenters. The molecule has 1 aromatic rings. The topological polar surface area (TPSA) is 38.0 Å². The molecule has 14 heavy (non-hydrogen) atoms. The maximum absolute atomic E-state index is 8.60. The van der Waals surface area contributed by atoms with Crippen molar-refractivity contribution in [3.63, 3.8) is 0 Å². The molecule has 0 fully saturated rings. The first-order valence-corrected chi connectivity index (χ1v) is 5.42. The molecule has 0 saturated carbocycles. The summed E-state index contributed by atoms with van der Waals surface area (Å²) in [6.07, 6.45) is 5.91. The van der Waals surface area contributed by atoms with Crippen LogP contribution in [-0.4, -0.2) is 21.5 Å². The van der Waals surface area contributed by atoms with Crippen LogP contribution in [0.2, 0.25) is 5.02 Å². The summed E-state index contributed by atoms with van der Waals surface area (Å²) in [6, 6.07) is 0. The number of rotatable bonds is 6. The minimum Gasteiger partial charge on any atom is -0.396 e. The van der Waals surface area contributed by atoms with Gasteiger partial charge in [-0.3, -0.25) is 4.68 Å². The van der Waals surface area contributed by atoms with Gasteiger partial charge in [0.25, 0.3) is 0 Å². The lowest BCUT2D eigenvalue weighted by molar-refractivity contribution is 0.282. The molecule has 0 bridgehead atoms. The number of nitrogens with zero attached hydrogens (tertiary/aromatic N) is 2. The zero-order valence-corrected chi connectivity index (χ0v) is 9.30. The number of unbranched alkanes of at least 4 members (excludes halogenated alkanes) is 3. The maximum Gasteiger partial charge on any atom is 0.0814 e. The van der Waals surface area contributed by atoms with Gasteiger partial charge in [0, 0.05) is 13.2 Å². The molecule has 0 aliphatic carbocycles. The number of halogens is 1. The Balaban J connectivity index is 2.21. The molecule has 1 heterocycles. The van der Waals surface area contributed by atoms with Crippen LogP contribution in [0.15, 0.2) is 6.20 Å². The number of aromatic nitrogens is 2. The zero-order valence-electron chi connectivity index (χ0n) is 8.54. The second-order valence-corrected chi connectivity index (χ2v) is 3.85. The molecule has 0 aliphatic rings. The molecule has 0 aromatic carbocycles. The van der Waals surface area contributed by atoms with Crippen LogP contribution in [0.5, 0.6) is 0 Å². The van der Waals surface area contributed by atoms with E-state index in [0.29, 0.717) is 6.61 Å². The summed E-state index contributed by atoms with van der Waals surface area (Å²) in [5, 5.41) is 13.5. The van der Waals surface area contributed by atoms with Crippen molar-refractivity contribution in [3.05, 3.63) is 16.9 Å². The number of aliphatic hydroxyl groups is 1. The number of aryl methyl sites for hydroxylation is 1. The molecule has 0 atom stereocenters. The average molecular weight is 217 g/mol. The highest BCUT2D eigenvalue weighted by Crippen LogP contribution is 2.14. The van der Waals surface area contributed by atoms with Gasteiger partial charge < -0.3 is 5.11 Å². The van der Waals surface area contributed by atoms with Gasteiger partial charge in [0.05, 0.1) is 16.9 Å². The molecule has 4 heteroatoms. The van der Waals surface area contributed by atoms with Gasteiger partial charge in [-0.05, 0) is 19.8 Å². The third-order valence-corrected chi connectivity index (χ3v) is 2.69. The van der Waals surface area contributed by atoms with Gasteiger partial charge in [-0.2, -0.15) is 5.10 Å². The number of hydrogen-bond donors (Lipinski definition) is 1. The smallest absolute Gasteiger partial charge is 0.0814 e. The molecule has 0 saturated heterocycles. The molecule has 0 aliphatic heterocycles. The second-order valence-electron chi connectivity index (χ2n) is 3.44. The molecule has 1 aromatic heterocycles. The molecular formula is C10H17ClN2O. The van der Waals surface area contributed by atoms with Crippen molar-refractivity contribution in [2.45, 2.75) is 39.2 Å². The summed E-state index contributed by atoms with van der Waals surface area (Å²) in [6.45, 7) is 3.19. The Morgan fingerprint density at radius 3 is 2.64 bits per heavy atom. The Labute approximate surface area is 89.7 Å². The minimum atomic E-state index is 0.298. The van der Waals surface area contributed by atoms with Crippen molar-refractivity contribution in [3.8, 4) is 0 Å². The van der Waals surface area contributed by atoms with Crippen LogP contribution in [-0.2, 0) is 6.54 Å². The standard InChI is InChI=1S/C10H17ClN2O/c1-9-10(11)8-12-13(9)6-4-2-3-5-7-14/h8,14H,2-7H2,1H3. The van der Waals surface area contributed by atoms with Crippen LogP contribution in [0.3, 0.4) is 0 Å². The summed E-state index contributed by atoms with van der Waals surface area (Å²) >= 11 is 5.88. The molecule has 0 spiro atoms. The fourth-order valence-corrected chi connectivity index (χ4v) is 1.52. The van der Waals surface area contributed by atoms with E-state index < -0.39 is 0 Å². The highest BCUT2D eigenvalue weighted by atomic mass is 35.5. The van der Waals surface area contributed by atoms with Crippen LogP contribution in [0.4, 0.5) is 0 Å². The molecule has 1 rings (SSSR count). The first-order valence-electron chi connectivity index (χ1n) is 5.04. The molecule has 80 valence electrons. The van der Waals surface area contributed by atoms with E-state index in [2.05, 4.69) is 5.10 Å². The van der Waals surface area contributed by atoms with Gasteiger partial charge in [0.15, 0.2) is 0 Å². The van der Waals surface area contributed by atoms with Gasteiger partial charge in [0.2, 0.25) is 0 Å². The molecule has 0 radical (unpaired) electrons. The first-order chi connectivity index (χ1) is 6.75. The minimum absolute atomic E-state index is 0.298. The number of aliphatic hydroxyl groups excluding tert-OH is 1. The van der Waals surface area contributed by atoms with Crippen molar-refractivity contribution < 1.29 is 5.11 Å². The van der Waals surface area contributed by atoms with E-state index in [4.69, 9.17) is 16.7 Å². The van der Waals surface area contributed by atoms with E-state index in [1.54, 1.807) is 6.20 Å². The third kappa shape index (κ3) is 3.31. The van der Waals surface area contributed by atoms with Crippen molar-refractivity contribution in [2.75, 3.05) is 6.61 Å². The molecular weight excluding hydrogens is 200 g/mol. The Bertz CT molecular complexity index is 273. The van der Waals surface area contributed by atoms with Crippen molar-refractivity contribution in [1.82, 2.24) is 9.78 Å². The van der Waals surface area contributed by atoms with Crippen LogP contribution >= 0.6 is 11.6 Å². The quantitative estimate of drug-likeness (QED) is 0.742.